The van der Waals surface area contributed by atoms with Gasteiger partial charge in [0.15, 0.2) is 6.29 Å². The molecule has 0 bridgehead atoms. The molecular formula is C11H12ClN5O. The first kappa shape index (κ1) is 12.5. The normalized spacial score (nSPS) is 10.3. The van der Waals surface area contributed by atoms with Gasteiger partial charge in [-0.15, -0.1) is 0 Å². The van der Waals surface area contributed by atoms with Crippen LogP contribution in [0.4, 0.5) is 5.82 Å². The molecule has 0 aliphatic rings. The lowest BCUT2D eigenvalue weighted by Crippen LogP contribution is -2.13. The number of anilines is 1. The van der Waals surface area contributed by atoms with E-state index in [1.807, 2.05) is 10.8 Å². The maximum absolute atomic E-state index is 10.9. The highest BCUT2D eigenvalue weighted by atomic mass is 35.5. The van der Waals surface area contributed by atoms with E-state index >= 15 is 0 Å². The van der Waals surface area contributed by atoms with Crippen LogP contribution in [0.2, 0.25) is 5.15 Å². The monoisotopic (exact) mass is 265 g/mol. The van der Waals surface area contributed by atoms with Gasteiger partial charge in [0.1, 0.15) is 16.8 Å². The first-order chi connectivity index (χ1) is 8.70. The molecule has 0 fully saturated rings. The second-order valence-electron chi connectivity index (χ2n) is 3.67. The van der Waals surface area contributed by atoms with E-state index in [4.69, 9.17) is 11.6 Å². The number of hydrogen-bond acceptors (Lipinski definition) is 5. The fourth-order valence-corrected chi connectivity index (χ4v) is 1.76. The highest BCUT2D eigenvalue weighted by molar-refractivity contribution is 6.32. The number of nitrogens with zero attached hydrogens (tertiary/aromatic N) is 4. The molecule has 0 amide bonds. The molecule has 0 atom stereocenters. The van der Waals surface area contributed by atoms with Crippen molar-refractivity contribution in [2.75, 3.05) is 11.9 Å². The van der Waals surface area contributed by atoms with Crippen LogP contribution in [-0.2, 0) is 6.54 Å². The molecule has 2 aromatic heterocycles. The molecular weight excluding hydrogens is 254 g/mol. The molecule has 0 saturated heterocycles. The van der Waals surface area contributed by atoms with Crippen LogP contribution in [0.5, 0.6) is 0 Å². The second kappa shape index (κ2) is 5.59. The van der Waals surface area contributed by atoms with Crippen molar-refractivity contribution < 1.29 is 4.79 Å². The summed E-state index contributed by atoms with van der Waals surface area (Å²) in [5, 5.41) is 3.24. The van der Waals surface area contributed by atoms with E-state index in [1.54, 1.807) is 19.4 Å². The summed E-state index contributed by atoms with van der Waals surface area (Å²) in [6.45, 7) is 3.06. The Hall–Kier alpha value is -1.95. The zero-order chi connectivity index (χ0) is 13.0. The molecule has 0 aliphatic heterocycles. The number of nitrogens with one attached hydrogen (secondary N) is 1. The first-order valence-electron chi connectivity index (χ1n) is 5.39. The van der Waals surface area contributed by atoms with E-state index in [1.165, 1.54) is 0 Å². The van der Waals surface area contributed by atoms with Gasteiger partial charge in [-0.05, 0) is 6.92 Å². The standard InChI is InChI=1S/C11H12ClN5O/c1-8-15-10(12)9(6-18)11(16-8)14-3-5-17-4-2-13-7-17/h2,4,6-7H,3,5H2,1H3,(H,14,15,16). The van der Waals surface area contributed by atoms with Crippen LogP contribution in [0, 0.1) is 6.92 Å². The number of rotatable bonds is 5. The maximum atomic E-state index is 10.9. The van der Waals surface area contributed by atoms with E-state index in [0.29, 0.717) is 24.5 Å². The molecule has 0 aliphatic carbocycles. The quantitative estimate of drug-likeness (QED) is 0.656. The van der Waals surface area contributed by atoms with Crippen LogP contribution in [0.1, 0.15) is 16.2 Å². The van der Waals surface area contributed by atoms with Gasteiger partial charge in [-0.3, -0.25) is 4.79 Å². The molecule has 0 saturated carbocycles. The molecule has 0 unspecified atom stereocenters. The molecule has 2 aromatic rings. The van der Waals surface area contributed by atoms with Crippen LogP contribution >= 0.6 is 11.6 Å². The van der Waals surface area contributed by atoms with Gasteiger partial charge >= 0.3 is 0 Å². The van der Waals surface area contributed by atoms with Crippen molar-refractivity contribution >= 4 is 23.7 Å². The van der Waals surface area contributed by atoms with Crippen molar-refractivity contribution in [3.63, 3.8) is 0 Å². The van der Waals surface area contributed by atoms with Crippen molar-refractivity contribution in [1.82, 2.24) is 19.5 Å². The first-order valence-corrected chi connectivity index (χ1v) is 5.77. The van der Waals surface area contributed by atoms with E-state index in [-0.39, 0.29) is 10.7 Å². The molecule has 0 aromatic carbocycles. The Morgan fingerprint density at radius 3 is 3.00 bits per heavy atom. The summed E-state index contributed by atoms with van der Waals surface area (Å²) in [5.41, 5.74) is 0.285. The molecule has 0 radical (unpaired) electrons. The van der Waals surface area contributed by atoms with Crippen molar-refractivity contribution in [3.8, 4) is 0 Å². The SMILES string of the molecule is Cc1nc(Cl)c(C=O)c(NCCn2ccnc2)n1. The summed E-state index contributed by atoms with van der Waals surface area (Å²) in [7, 11) is 0. The van der Waals surface area contributed by atoms with Crippen molar-refractivity contribution in [2.24, 2.45) is 0 Å². The Bertz CT molecular complexity index is 541. The lowest BCUT2D eigenvalue weighted by atomic mass is 10.3. The van der Waals surface area contributed by atoms with Crippen LogP contribution in [0.3, 0.4) is 0 Å². The molecule has 18 heavy (non-hydrogen) atoms. The number of aromatic nitrogens is 4. The third kappa shape index (κ3) is 2.84. The molecule has 2 rings (SSSR count). The summed E-state index contributed by atoms with van der Waals surface area (Å²) >= 11 is 5.88. The van der Waals surface area contributed by atoms with Gasteiger partial charge in [-0.1, -0.05) is 11.6 Å². The molecule has 2 heterocycles. The lowest BCUT2D eigenvalue weighted by molar-refractivity contribution is 0.112. The lowest BCUT2D eigenvalue weighted by Gasteiger charge is -2.09. The zero-order valence-corrected chi connectivity index (χ0v) is 10.6. The second-order valence-corrected chi connectivity index (χ2v) is 4.03. The Balaban J connectivity index is 2.06. The van der Waals surface area contributed by atoms with Gasteiger partial charge in [0, 0.05) is 25.5 Å². The predicted molar refractivity (Wildman–Crippen MR) is 67.9 cm³/mol. The molecule has 94 valence electrons. The number of halogens is 1. The van der Waals surface area contributed by atoms with E-state index in [0.717, 1.165) is 6.54 Å². The van der Waals surface area contributed by atoms with Crippen LogP contribution < -0.4 is 5.32 Å². The molecule has 7 heteroatoms. The average Bonchev–Trinajstić information content (AvgIpc) is 2.81. The number of aryl methyl sites for hydroxylation is 1. The van der Waals surface area contributed by atoms with Gasteiger partial charge < -0.3 is 9.88 Å². The van der Waals surface area contributed by atoms with Crippen LogP contribution in [0.15, 0.2) is 18.7 Å². The predicted octanol–water partition coefficient (Wildman–Crippen LogP) is 1.56. The number of imidazole rings is 1. The number of carbonyl (C=O) groups excluding carboxylic acids is 1. The highest BCUT2D eigenvalue weighted by Gasteiger charge is 2.10. The summed E-state index contributed by atoms with van der Waals surface area (Å²) in [4.78, 5) is 23.0. The number of aldehydes is 1. The van der Waals surface area contributed by atoms with Gasteiger partial charge in [0.2, 0.25) is 0 Å². The molecule has 6 nitrogen and oxygen atoms in total. The summed E-state index contributed by atoms with van der Waals surface area (Å²) < 4.78 is 1.92. The maximum Gasteiger partial charge on any atom is 0.156 e. The van der Waals surface area contributed by atoms with Gasteiger partial charge in [0.25, 0.3) is 0 Å². The van der Waals surface area contributed by atoms with E-state index < -0.39 is 0 Å². The Kier molecular flexibility index (Phi) is 3.88. The number of hydrogen-bond donors (Lipinski definition) is 1. The topological polar surface area (TPSA) is 72.7 Å². The van der Waals surface area contributed by atoms with E-state index in [2.05, 4.69) is 20.3 Å². The van der Waals surface area contributed by atoms with Crippen LogP contribution in [-0.4, -0.2) is 32.3 Å². The van der Waals surface area contributed by atoms with Gasteiger partial charge in [0.05, 0.1) is 11.9 Å². The summed E-state index contributed by atoms with van der Waals surface area (Å²) in [5.74, 6) is 0.985. The minimum Gasteiger partial charge on any atom is -0.368 e. The fraction of sp³-hybridized carbons (Fsp3) is 0.273. The fourth-order valence-electron chi connectivity index (χ4n) is 1.51. The van der Waals surface area contributed by atoms with Gasteiger partial charge in [-0.2, -0.15) is 0 Å². The average molecular weight is 266 g/mol. The third-order valence-electron chi connectivity index (χ3n) is 2.35. The smallest absolute Gasteiger partial charge is 0.156 e. The minimum atomic E-state index is 0.169. The Morgan fingerprint density at radius 1 is 1.50 bits per heavy atom. The van der Waals surface area contributed by atoms with Crippen molar-refractivity contribution in [1.29, 1.82) is 0 Å². The van der Waals surface area contributed by atoms with Gasteiger partial charge in [-0.25, -0.2) is 15.0 Å². The van der Waals surface area contributed by atoms with Crippen LogP contribution in [0.25, 0.3) is 0 Å². The Labute approximate surface area is 109 Å². The van der Waals surface area contributed by atoms with Crippen molar-refractivity contribution in [2.45, 2.75) is 13.5 Å². The minimum absolute atomic E-state index is 0.169. The Morgan fingerprint density at radius 2 is 2.33 bits per heavy atom. The zero-order valence-electron chi connectivity index (χ0n) is 9.80. The molecule has 0 spiro atoms. The summed E-state index contributed by atoms with van der Waals surface area (Å²) in [6.07, 6.45) is 5.95. The number of carbonyl (C=O) groups is 1. The van der Waals surface area contributed by atoms with E-state index in [9.17, 15) is 4.79 Å². The largest absolute Gasteiger partial charge is 0.368 e. The summed E-state index contributed by atoms with van der Waals surface area (Å²) in [6, 6.07) is 0. The molecule has 1 N–H and O–H groups in total. The highest BCUT2D eigenvalue weighted by Crippen LogP contribution is 2.18. The van der Waals surface area contributed by atoms with Crippen molar-refractivity contribution in [3.05, 3.63) is 35.3 Å². The third-order valence-corrected chi connectivity index (χ3v) is 2.64.